The van der Waals surface area contributed by atoms with Crippen molar-refractivity contribution in [1.82, 2.24) is 5.32 Å². The van der Waals surface area contributed by atoms with Crippen LogP contribution in [0.4, 0.5) is 17.6 Å². The molecule has 1 N–H and O–H groups in total. The van der Waals surface area contributed by atoms with E-state index in [0.717, 1.165) is 0 Å². The van der Waals surface area contributed by atoms with Gasteiger partial charge in [0.1, 0.15) is 0 Å². The highest BCUT2D eigenvalue weighted by Crippen LogP contribution is 2.30. The fraction of sp³-hybridized carbons (Fsp3) is 1.00. The molecule has 1 heterocycles. The molecule has 5 heteroatoms. The summed E-state index contributed by atoms with van der Waals surface area (Å²) in [5.41, 5.74) is 0. The van der Waals surface area contributed by atoms with Gasteiger partial charge in [0.15, 0.2) is 0 Å². The minimum atomic E-state index is -3.86. The molecule has 11 heavy (non-hydrogen) atoms. The van der Waals surface area contributed by atoms with Crippen molar-refractivity contribution >= 4 is 0 Å². The van der Waals surface area contributed by atoms with Gasteiger partial charge in [-0.1, -0.05) is 0 Å². The van der Waals surface area contributed by atoms with Gasteiger partial charge in [-0.15, -0.1) is 0 Å². The van der Waals surface area contributed by atoms with Crippen LogP contribution >= 0.6 is 0 Å². The Balaban J connectivity index is 2.55. The van der Waals surface area contributed by atoms with Gasteiger partial charge >= 0.3 is 12.3 Å². The van der Waals surface area contributed by atoms with Gasteiger partial charge < -0.3 is 5.32 Å². The van der Waals surface area contributed by atoms with E-state index >= 15 is 0 Å². The van der Waals surface area contributed by atoms with E-state index in [9.17, 15) is 17.6 Å². The van der Waals surface area contributed by atoms with Crippen molar-refractivity contribution in [3.63, 3.8) is 0 Å². The quantitative estimate of drug-likeness (QED) is 0.623. The Morgan fingerprint density at radius 2 is 2.00 bits per heavy atom. The van der Waals surface area contributed by atoms with Crippen molar-refractivity contribution < 1.29 is 17.6 Å². The number of nitrogens with one attached hydrogen (secondary N) is 1. The molecule has 66 valence electrons. The third-order valence-corrected chi connectivity index (χ3v) is 1.82. The van der Waals surface area contributed by atoms with Crippen LogP contribution in [0.1, 0.15) is 12.8 Å². The first-order valence-electron chi connectivity index (χ1n) is 3.44. The average Bonchev–Trinajstić information content (AvgIpc) is 2.37. The summed E-state index contributed by atoms with van der Waals surface area (Å²) in [5, 5.41) is 2.35. The van der Waals surface area contributed by atoms with Crippen LogP contribution in [0.2, 0.25) is 0 Å². The first-order valence-corrected chi connectivity index (χ1v) is 3.44. The van der Waals surface area contributed by atoms with Crippen LogP contribution in [0.25, 0.3) is 0 Å². The Bertz CT molecular complexity index is 131. The highest BCUT2D eigenvalue weighted by atomic mass is 19.3. The Morgan fingerprint density at radius 1 is 1.36 bits per heavy atom. The van der Waals surface area contributed by atoms with E-state index < -0.39 is 18.4 Å². The van der Waals surface area contributed by atoms with Gasteiger partial charge in [0.25, 0.3) is 0 Å². The number of alkyl halides is 4. The van der Waals surface area contributed by atoms with E-state index in [1.54, 1.807) is 0 Å². The summed E-state index contributed by atoms with van der Waals surface area (Å²) in [5.74, 6) is -3.86. The molecule has 1 fully saturated rings. The van der Waals surface area contributed by atoms with Crippen LogP contribution in [-0.2, 0) is 0 Å². The fourth-order valence-corrected chi connectivity index (χ4v) is 1.17. The van der Waals surface area contributed by atoms with E-state index in [0.29, 0.717) is 13.0 Å². The van der Waals surface area contributed by atoms with Crippen LogP contribution in [-0.4, -0.2) is 24.9 Å². The van der Waals surface area contributed by atoms with Gasteiger partial charge in [-0.3, -0.25) is 0 Å². The maximum atomic E-state index is 12.4. The highest BCUT2D eigenvalue weighted by molar-refractivity contribution is 4.89. The Morgan fingerprint density at radius 3 is 2.36 bits per heavy atom. The lowest BCUT2D eigenvalue weighted by Crippen LogP contribution is -2.45. The number of rotatable bonds is 2. The third-order valence-electron chi connectivity index (χ3n) is 1.82. The molecule has 1 saturated heterocycles. The summed E-state index contributed by atoms with van der Waals surface area (Å²) >= 11 is 0. The lowest BCUT2D eigenvalue weighted by molar-refractivity contribution is -0.146. The van der Waals surface area contributed by atoms with Crippen molar-refractivity contribution in [2.75, 3.05) is 6.54 Å². The van der Waals surface area contributed by atoms with Crippen molar-refractivity contribution in [2.24, 2.45) is 0 Å². The second-order valence-corrected chi connectivity index (χ2v) is 2.62. The standard InChI is InChI=1S/C6H9F4N/c7-5(8)6(9,10)4-2-1-3-11-4/h4-5,11H,1-3H2. The van der Waals surface area contributed by atoms with Gasteiger partial charge in [0, 0.05) is 0 Å². The lowest BCUT2D eigenvalue weighted by atomic mass is 10.1. The molecule has 1 aliphatic heterocycles. The van der Waals surface area contributed by atoms with Crippen molar-refractivity contribution in [1.29, 1.82) is 0 Å². The molecule has 0 amide bonds. The molecular weight excluding hydrogens is 162 g/mol. The molecule has 1 aliphatic rings. The van der Waals surface area contributed by atoms with Crippen molar-refractivity contribution in [3.05, 3.63) is 0 Å². The monoisotopic (exact) mass is 171 g/mol. The number of halogens is 4. The molecule has 0 bridgehead atoms. The Kier molecular flexibility index (Phi) is 2.37. The lowest BCUT2D eigenvalue weighted by Gasteiger charge is -2.21. The Hall–Kier alpha value is -0.320. The number of hydrogen-bond acceptors (Lipinski definition) is 1. The first kappa shape index (κ1) is 8.77. The highest BCUT2D eigenvalue weighted by Gasteiger charge is 2.49. The first-order chi connectivity index (χ1) is 5.05. The molecular formula is C6H9F4N. The SMILES string of the molecule is FC(F)C(F)(F)C1CCCN1. The maximum Gasteiger partial charge on any atom is 0.322 e. The zero-order valence-electron chi connectivity index (χ0n) is 5.79. The zero-order valence-corrected chi connectivity index (χ0v) is 5.79. The summed E-state index contributed by atoms with van der Waals surface area (Å²) < 4.78 is 48.2. The molecule has 1 unspecified atom stereocenters. The molecule has 0 aromatic heterocycles. The minimum Gasteiger partial charge on any atom is -0.308 e. The van der Waals surface area contributed by atoms with E-state index in [4.69, 9.17) is 0 Å². The maximum absolute atomic E-state index is 12.4. The third kappa shape index (κ3) is 1.64. The smallest absolute Gasteiger partial charge is 0.308 e. The second kappa shape index (κ2) is 2.97. The van der Waals surface area contributed by atoms with Gasteiger partial charge in [-0.25, -0.2) is 8.78 Å². The van der Waals surface area contributed by atoms with Gasteiger partial charge in [-0.2, -0.15) is 8.78 Å². The summed E-state index contributed by atoms with van der Waals surface area (Å²) in [7, 11) is 0. The zero-order chi connectivity index (χ0) is 8.48. The van der Waals surface area contributed by atoms with Crippen LogP contribution in [0.5, 0.6) is 0 Å². The van der Waals surface area contributed by atoms with E-state index in [1.807, 2.05) is 0 Å². The van der Waals surface area contributed by atoms with Gasteiger partial charge in [-0.05, 0) is 19.4 Å². The summed E-state index contributed by atoms with van der Waals surface area (Å²) in [6.45, 7) is 0.410. The molecule has 0 aromatic rings. The van der Waals surface area contributed by atoms with Crippen LogP contribution in [0, 0.1) is 0 Å². The molecule has 1 rings (SSSR count). The van der Waals surface area contributed by atoms with Crippen molar-refractivity contribution in [2.45, 2.75) is 31.2 Å². The van der Waals surface area contributed by atoms with Gasteiger partial charge in [0.05, 0.1) is 6.04 Å². The minimum absolute atomic E-state index is 0.136. The second-order valence-electron chi connectivity index (χ2n) is 2.62. The topological polar surface area (TPSA) is 12.0 Å². The van der Waals surface area contributed by atoms with Crippen LogP contribution in [0.15, 0.2) is 0 Å². The molecule has 0 spiro atoms. The summed E-state index contributed by atoms with van der Waals surface area (Å²) in [6, 6.07) is -1.33. The van der Waals surface area contributed by atoms with Crippen molar-refractivity contribution in [3.8, 4) is 0 Å². The summed E-state index contributed by atoms with van der Waals surface area (Å²) in [4.78, 5) is 0. The normalized spacial score (nSPS) is 26.5. The average molecular weight is 171 g/mol. The van der Waals surface area contributed by atoms with E-state index in [2.05, 4.69) is 5.32 Å². The molecule has 1 atom stereocenters. The predicted molar refractivity (Wildman–Crippen MR) is 32.0 cm³/mol. The van der Waals surface area contributed by atoms with Crippen LogP contribution < -0.4 is 5.32 Å². The molecule has 0 aromatic carbocycles. The molecule has 0 saturated carbocycles. The summed E-state index contributed by atoms with van der Waals surface area (Å²) in [6.07, 6.45) is -2.87. The molecule has 0 aliphatic carbocycles. The van der Waals surface area contributed by atoms with E-state index in [1.165, 1.54) is 0 Å². The molecule has 0 radical (unpaired) electrons. The fourth-order valence-electron chi connectivity index (χ4n) is 1.17. The number of hydrogen-bond donors (Lipinski definition) is 1. The molecule has 1 nitrogen and oxygen atoms in total. The Labute approximate surface area is 61.8 Å². The van der Waals surface area contributed by atoms with E-state index in [-0.39, 0.29) is 6.42 Å². The largest absolute Gasteiger partial charge is 0.322 e. The predicted octanol–water partition coefficient (Wildman–Crippen LogP) is 1.64. The van der Waals surface area contributed by atoms with Gasteiger partial charge in [0.2, 0.25) is 0 Å². The van der Waals surface area contributed by atoms with Crippen LogP contribution in [0.3, 0.4) is 0 Å².